The molecule has 37 valence electrons. The van der Waals surface area contributed by atoms with Crippen molar-refractivity contribution < 1.29 is 0 Å². The van der Waals surface area contributed by atoms with Crippen LogP contribution in [0, 0.1) is 6.26 Å². The maximum Gasteiger partial charge on any atom is 0.0136 e. The molecule has 2 heteroatoms. The number of hydrogen-bond donors (Lipinski definition) is 0. The Balaban J connectivity index is 2.34. The van der Waals surface area contributed by atoms with Crippen LogP contribution in [-0.4, -0.2) is 5.75 Å². The molecule has 0 aromatic heterocycles. The molecule has 0 fully saturated rings. The third kappa shape index (κ3) is 4.70. The maximum atomic E-state index is 3.60. The first kappa shape index (κ1) is 6.70. The van der Waals surface area contributed by atoms with Gasteiger partial charge in [-0.1, -0.05) is 28.5 Å². The van der Waals surface area contributed by atoms with Gasteiger partial charge < -0.3 is 0 Å². The van der Waals surface area contributed by atoms with Crippen LogP contribution in [0.25, 0.3) is 0 Å². The van der Waals surface area contributed by atoms with Crippen LogP contribution < -0.4 is 0 Å². The summed E-state index contributed by atoms with van der Waals surface area (Å²) in [5, 5.41) is 0. The zero-order valence-electron chi connectivity index (χ0n) is 3.94. The normalized spacial score (nSPS) is 9.00. The van der Waals surface area contributed by atoms with Crippen LogP contribution in [0.2, 0.25) is 0 Å². The van der Waals surface area contributed by atoms with Crippen molar-refractivity contribution >= 4 is 21.6 Å². The van der Waals surface area contributed by atoms with Gasteiger partial charge in [0.2, 0.25) is 0 Å². The molecule has 0 saturated carbocycles. The van der Waals surface area contributed by atoms with E-state index in [1.54, 1.807) is 10.8 Å². The van der Waals surface area contributed by atoms with Crippen molar-refractivity contribution in [3.8, 4) is 0 Å². The Morgan fingerprint density at radius 1 is 1.67 bits per heavy atom. The zero-order chi connectivity index (χ0) is 4.83. The molecule has 0 saturated heterocycles. The fraction of sp³-hybridized carbons (Fsp3) is 0.750. The molecule has 1 radical (unpaired) electrons. The van der Waals surface area contributed by atoms with Crippen LogP contribution in [0.1, 0.15) is 13.3 Å². The Morgan fingerprint density at radius 3 is 2.50 bits per heavy atom. The van der Waals surface area contributed by atoms with E-state index in [9.17, 15) is 0 Å². The van der Waals surface area contributed by atoms with E-state index in [2.05, 4.69) is 13.2 Å². The van der Waals surface area contributed by atoms with E-state index in [0.29, 0.717) is 0 Å². The summed E-state index contributed by atoms with van der Waals surface area (Å²) in [4.78, 5) is 0. The maximum absolute atomic E-state index is 3.60. The molecule has 0 nitrogen and oxygen atoms in total. The van der Waals surface area contributed by atoms with Crippen molar-refractivity contribution in [2.45, 2.75) is 13.3 Å². The molecular weight excluding hydrogens is 112 g/mol. The molecule has 0 bridgehead atoms. The number of hydrogen-bond acceptors (Lipinski definition) is 2. The molecule has 0 heterocycles. The SMILES string of the molecule is [CH2]SSCCC. The van der Waals surface area contributed by atoms with Gasteiger partial charge in [-0.2, -0.15) is 0 Å². The van der Waals surface area contributed by atoms with Crippen molar-refractivity contribution in [3.05, 3.63) is 6.26 Å². The van der Waals surface area contributed by atoms with Gasteiger partial charge in [-0.25, -0.2) is 0 Å². The van der Waals surface area contributed by atoms with Crippen molar-refractivity contribution in [3.63, 3.8) is 0 Å². The Kier molecular flexibility index (Phi) is 6.36. The second kappa shape index (κ2) is 5.70. The van der Waals surface area contributed by atoms with Gasteiger partial charge in [-0.05, 0) is 6.42 Å². The molecule has 0 N–H and O–H groups in total. The lowest BCUT2D eigenvalue weighted by atomic mass is 10.6. The minimum atomic E-state index is 1.23. The van der Waals surface area contributed by atoms with E-state index >= 15 is 0 Å². The van der Waals surface area contributed by atoms with Crippen LogP contribution in [0.5, 0.6) is 0 Å². The van der Waals surface area contributed by atoms with E-state index in [1.165, 1.54) is 12.2 Å². The second-order valence-electron chi connectivity index (χ2n) is 0.940. The monoisotopic (exact) mass is 121 g/mol. The number of rotatable bonds is 3. The van der Waals surface area contributed by atoms with Crippen molar-refractivity contribution in [2.24, 2.45) is 0 Å². The molecule has 0 spiro atoms. The molecule has 0 rings (SSSR count). The van der Waals surface area contributed by atoms with Gasteiger partial charge in [0.25, 0.3) is 0 Å². The molecule has 0 aliphatic carbocycles. The molecule has 6 heavy (non-hydrogen) atoms. The van der Waals surface area contributed by atoms with Gasteiger partial charge in [0.05, 0.1) is 0 Å². The van der Waals surface area contributed by atoms with E-state index in [-0.39, 0.29) is 0 Å². The van der Waals surface area contributed by atoms with Crippen LogP contribution >= 0.6 is 21.6 Å². The van der Waals surface area contributed by atoms with Crippen molar-refractivity contribution in [1.29, 1.82) is 0 Å². The first-order valence-corrected chi connectivity index (χ1v) is 4.44. The third-order valence-electron chi connectivity index (χ3n) is 0.371. The van der Waals surface area contributed by atoms with E-state index in [0.717, 1.165) is 0 Å². The molecular formula is C4H9S2. The van der Waals surface area contributed by atoms with Gasteiger partial charge in [-0.15, -0.1) is 0 Å². The highest BCUT2D eigenvalue weighted by Crippen LogP contribution is 2.18. The fourth-order valence-corrected chi connectivity index (χ4v) is 1.28. The summed E-state index contributed by atoms with van der Waals surface area (Å²) in [6, 6.07) is 0. The highest BCUT2D eigenvalue weighted by Gasteiger charge is 1.75. The molecule has 0 unspecified atom stereocenters. The van der Waals surface area contributed by atoms with E-state index in [1.807, 2.05) is 10.8 Å². The second-order valence-corrected chi connectivity index (χ2v) is 3.23. The van der Waals surface area contributed by atoms with Crippen LogP contribution in [0.3, 0.4) is 0 Å². The van der Waals surface area contributed by atoms with E-state index in [4.69, 9.17) is 0 Å². The predicted molar refractivity (Wildman–Crippen MR) is 35.7 cm³/mol. The summed E-state index contributed by atoms with van der Waals surface area (Å²) in [6.07, 6.45) is 4.86. The molecule has 0 amide bonds. The van der Waals surface area contributed by atoms with E-state index < -0.39 is 0 Å². The van der Waals surface area contributed by atoms with Crippen LogP contribution in [0.4, 0.5) is 0 Å². The lowest BCUT2D eigenvalue weighted by Gasteiger charge is -1.85. The molecule has 0 aromatic rings. The van der Waals surface area contributed by atoms with Crippen molar-refractivity contribution in [1.82, 2.24) is 0 Å². The summed E-state index contributed by atoms with van der Waals surface area (Å²) < 4.78 is 0. The van der Waals surface area contributed by atoms with Crippen LogP contribution in [-0.2, 0) is 0 Å². The van der Waals surface area contributed by atoms with Gasteiger partial charge >= 0.3 is 0 Å². The lowest BCUT2D eigenvalue weighted by Crippen LogP contribution is -1.63. The summed E-state index contributed by atoms with van der Waals surface area (Å²) in [6.45, 7) is 2.17. The molecule has 0 atom stereocenters. The van der Waals surface area contributed by atoms with Crippen molar-refractivity contribution in [2.75, 3.05) is 5.75 Å². The fourth-order valence-electron chi connectivity index (χ4n) is 0.142. The summed E-state index contributed by atoms with van der Waals surface area (Å²) in [5.74, 6) is 1.23. The first-order valence-electron chi connectivity index (χ1n) is 1.95. The van der Waals surface area contributed by atoms with Gasteiger partial charge in [-0.3, -0.25) is 0 Å². The average molecular weight is 121 g/mol. The quantitative estimate of drug-likeness (QED) is 0.416. The Hall–Kier alpha value is 0.700. The standard InChI is InChI=1S/C4H9S2/c1-3-4-6-5-2/h2-4H2,1H3. The highest BCUT2D eigenvalue weighted by atomic mass is 33.1. The average Bonchev–Trinajstić information content (AvgIpc) is 1.61. The minimum Gasteiger partial charge on any atom is -0.0941 e. The molecule has 0 aromatic carbocycles. The predicted octanol–water partition coefficient (Wildman–Crippen LogP) is 2.57. The van der Waals surface area contributed by atoms with Gasteiger partial charge in [0.1, 0.15) is 0 Å². The summed E-state index contributed by atoms with van der Waals surface area (Å²) in [7, 11) is 3.41. The summed E-state index contributed by atoms with van der Waals surface area (Å²) in [5.41, 5.74) is 0. The minimum absolute atomic E-state index is 1.23. The smallest absolute Gasteiger partial charge is 0.0136 e. The molecule has 0 aliphatic heterocycles. The summed E-state index contributed by atoms with van der Waals surface area (Å²) >= 11 is 0. The highest BCUT2D eigenvalue weighted by molar-refractivity contribution is 8.77. The lowest BCUT2D eigenvalue weighted by molar-refractivity contribution is 1.11. The third-order valence-corrected chi connectivity index (χ3v) is 2.11. The van der Waals surface area contributed by atoms with Crippen LogP contribution in [0.15, 0.2) is 0 Å². The Morgan fingerprint density at radius 2 is 2.33 bits per heavy atom. The first-order chi connectivity index (χ1) is 2.91. The Bertz CT molecular complexity index is 17.5. The largest absolute Gasteiger partial charge is 0.0941 e. The Labute approximate surface area is 47.5 Å². The topological polar surface area (TPSA) is 0 Å². The molecule has 0 aliphatic rings. The zero-order valence-corrected chi connectivity index (χ0v) is 5.57. The van der Waals surface area contributed by atoms with Gasteiger partial charge in [0.15, 0.2) is 0 Å². The van der Waals surface area contributed by atoms with Gasteiger partial charge in [0, 0.05) is 12.0 Å².